The molecule has 0 unspecified atom stereocenters. The van der Waals surface area contributed by atoms with Crippen LogP contribution in [0, 0.1) is 11.7 Å². The fourth-order valence-corrected chi connectivity index (χ4v) is 3.69. The Morgan fingerprint density at radius 1 is 0.885 bits per heavy atom. The van der Waals surface area contributed by atoms with Crippen LogP contribution in [0.4, 0.5) is 4.39 Å². The average molecular weight is 355 g/mol. The van der Waals surface area contributed by atoms with Gasteiger partial charge in [-0.1, -0.05) is 42.5 Å². The Bertz CT molecular complexity index is 620. The molecule has 2 nitrogen and oxygen atoms in total. The second-order valence-electron chi connectivity index (χ2n) is 7.32. The van der Waals surface area contributed by atoms with Crippen molar-refractivity contribution in [3.05, 3.63) is 71.5 Å². The van der Waals surface area contributed by atoms with Gasteiger partial charge < -0.3 is 9.64 Å². The number of likely N-dealkylation sites (tertiary alicyclic amines) is 1. The molecule has 1 saturated heterocycles. The van der Waals surface area contributed by atoms with Crippen molar-refractivity contribution in [1.82, 2.24) is 4.90 Å². The topological polar surface area (TPSA) is 12.5 Å². The molecule has 2 aromatic rings. The molecule has 0 aromatic heterocycles. The maximum Gasteiger partial charge on any atom is 0.123 e. The van der Waals surface area contributed by atoms with E-state index in [1.54, 1.807) is 0 Å². The summed E-state index contributed by atoms with van der Waals surface area (Å²) in [4.78, 5) is 2.57. The van der Waals surface area contributed by atoms with E-state index in [4.69, 9.17) is 4.74 Å². The number of ether oxygens (including phenoxy) is 1. The molecule has 0 bridgehead atoms. The van der Waals surface area contributed by atoms with Gasteiger partial charge >= 0.3 is 0 Å². The van der Waals surface area contributed by atoms with Gasteiger partial charge in [0.15, 0.2) is 0 Å². The molecule has 0 saturated carbocycles. The third-order valence-electron chi connectivity index (χ3n) is 5.29. The van der Waals surface area contributed by atoms with Gasteiger partial charge in [0.2, 0.25) is 0 Å². The Hall–Kier alpha value is -1.71. The zero-order chi connectivity index (χ0) is 18.0. The molecule has 3 heteroatoms. The van der Waals surface area contributed by atoms with Crippen molar-refractivity contribution in [2.24, 2.45) is 5.92 Å². The Kier molecular flexibility index (Phi) is 7.66. The quantitative estimate of drug-likeness (QED) is 0.603. The second-order valence-corrected chi connectivity index (χ2v) is 7.32. The summed E-state index contributed by atoms with van der Waals surface area (Å²) >= 11 is 0. The molecule has 0 radical (unpaired) electrons. The van der Waals surface area contributed by atoms with Crippen LogP contribution >= 0.6 is 0 Å². The summed E-state index contributed by atoms with van der Waals surface area (Å²) in [5, 5.41) is 0. The zero-order valence-electron chi connectivity index (χ0n) is 15.6. The number of hydrogen-bond donors (Lipinski definition) is 0. The summed E-state index contributed by atoms with van der Waals surface area (Å²) in [5.41, 5.74) is 2.60. The highest BCUT2D eigenvalue weighted by molar-refractivity contribution is 5.16. The van der Waals surface area contributed by atoms with Gasteiger partial charge in [0.1, 0.15) is 5.82 Å². The molecule has 0 N–H and O–H groups in total. The molecule has 2 aromatic carbocycles. The number of piperidine rings is 1. The number of benzene rings is 2. The van der Waals surface area contributed by atoms with Crippen LogP contribution < -0.4 is 0 Å². The molecular formula is C23H30FNO. The SMILES string of the molecule is Fc1ccc(CCOCCCN2CCC(Cc3ccccc3)CC2)cc1. The first kappa shape index (κ1) is 19.1. The predicted molar refractivity (Wildman–Crippen MR) is 105 cm³/mol. The van der Waals surface area contributed by atoms with Gasteiger partial charge in [-0.05, 0) is 74.4 Å². The van der Waals surface area contributed by atoms with Crippen molar-refractivity contribution in [2.75, 3.05) is 32.8 Å². The Morgan fingerprint density at radius 2 is 1.62 bits per heavy atom. The van der Waals surface area contributed by atoms with Crippen LogP contribution in [0.3, 0.4) is 0 Å². The smallest absolute Gasteiger partial charge is 0.123 e. The lowest BCUT2D eigenvalue weighted by atomic mass is 9.90. The minimum atomic E-state index is -0.179. The average Bonchev–Trinajstić information content (AvgIpc) is 2.68. The van der Waals surface area contributed by atoms with E-state index in [0.29, 0.717) is 6.61 Å². The number of hydrogen-bond acceptors (Lipinski definition) is 2. The lowest BCUT2D eigenvalue weighted by molar-refractivity contribution is 0.113. The van der Waals surface area contributed by atoms with Gasteiger partial charge in [0.25, 0.3) is 0 Å². The molecule has 26 heavy (non-hydrogen) atoms. The lowest BCUT2D eigenvalue weighted by Crippen LogP contribution is -2.35. The monoisotopic (exact) mass is 355 g/mol. The van der Waals surface area contributed by atoms with Gasteiger partial charge in [-0.2, -0.15) is 0 Å². The van der Waals surface area contributed by atoms with Crippen molar-refractivity contribution in [3.63, 3.8) is 0 Å². The lowest BCUT2D eigenvalue weighted by Gasteiger charge is -2.32. The fourth-order valence-electron chi connectivity index (χ4n) is 3.69. The molecule has 0 atom stereocenters. The van der Waals surface area contributed by atoms with Gasteiger partial charge in [0.05, 0.1) is 6.61 Å². The summed E-state index contributed by atoms with van der Waals surface area (Å²) < 4.78 is 18.6. The van der Waals surface area contributed by atoms with E-state index in [0.717, 1.165) is 37.5 Å². The molecule has 1 aliphatic heterocycles. The van der Waals surface area contributed by atoms with E-state index in [2.05, 4.69) is 35.2 Å². The van der Waals surface area contributed by atoms with Gasteiger partial charge in [-0.25, -0.2) is 4.39 Å². The fraction of sp³-hybridized carbons (Fsp3) is 0.478. The van der Waals surface area contributed by atoms with E-state index in [1.165, 1.54) is 50.0 Å². The van der Waals surface area contributed by atoms with E-state index in [9.17, 15) is 4.39 Å². The number of rotatable bonds is 9. The third kappa shape index (κ3) is 6.54. The maximum atomic E-state index is 12.8. The van der Waals surface area contributed by atoms with Gasteiger partial charge in [-0.3, -0.25) is 0 Å². The minimum Gasteiger partial charge on any atom is -0.381 e. The van der Waals surface area contributed by atoms with Crippen LogP contribution in [-0.2, 0) is 17.6 Å². The van der Waals surface area contributed by atoms with Crippen LogP contribution in [0.1, 0.15) is 30.4 Å². The first-order valence-corrected chi connectivity index (χ1v) is 9.88. The van der Waals surface area contributed by atoms with E-state index < -0.39 is 0 Å². The van der Waals surface area contributed by atoms with Crippen LogP contribution in [-0.4, -0.2) is 37.7 Å². The van der Waals surface area contributed by atoms with Crippen molar-refractivity contribution < 1.29 is 9.13 Å². The normalized spacial score (nSPS) is 16.0. The number of halogens is 1. The second kappa shape index (κ2) is 10.4. The van der Waals surface area contributed by atoms with Crippen molar-refractivity contribution in [2.45, 2.75) is 32.1 Å². The van der Waals surface area contributed by atoms with Gasteiger partial charge in [0, 0.05) is 13.2 Å². The van der Waals surface area contributed by atoms with E-state index in [1.807, 2.05) is 12.1 Å². The summed E-state index contributed by atoms with van der Waals surface area (Å²) in [6.07, 6.45) is 5.78. The van der Waals surface area contributed by atoms with E-state index in [-0.39, 0.29) is 5.82 Å². The first-order chi connectivity index (χ1) is 12.8. The number of nitrogens with zero attached hydrogens (tertiary/aromatic N) is 1. The summed E-state index contributed by atoms with van der Waals surface area (Å²) in [7, 11) is 0. The zero-order valence-corrected chi connectivity index (χ0v) is 15.6. The Labute approximate surface area is 157 Å². The maximum absolute atomic E-state index is 12.8. The van der Waals surface area contributed by atoms with Crippen molar-refractivity contribution in [3.8, 4) is 0 Å². The Morgan fingerprint density at radius 3 is 2.35 bits per heavy atom. The summed E-state index contributed by atoms with van der Waals surface area (Å²) in [6, 6.07) is 17.5. The van der Waals surface area contributed by atoms with Crippen LogP contribution in [0.5, 0.6) is 0 Å². The van der Waals surface area contributed by atoms with Crippen LogP contribution in [0.25, 0.3) is 0 Å². The molecule has 0 aliphatic carbocycles. The minimum absolute atomic E-state index is 0.179. The molecule has 0 amide bonds. The highest BCUT2D eigenvalue weighted by atomic mass is 19.1. The predicted octanol–water partition coefficient (Wildman–Crippen LogP) is 4.73. The molecular weight excluding hydrogens is 325 g/mol. The van der Waals surface area contributed by atoms with E-state index >= 15 is 0 Å². The third-order valence-corrected chi connectivity index (χ3v) is 5.29. The molecule has 1 fully saturated rings. The van der Waals surface area contributed by atoms with Crippen molar-refractivity contribution in [1.29, 1.82) is 0 Å². The van der Waals surface area contributed by atoms with Gasteiger partial charge in [-0.15, -0.1) is 0 Å². The standard InChI is InChI=1S/C23H30FNO/c24-23-9-7-20(8-10-23)13-18-26-17-4-14-25-15-11-22(12-16-25)19-21-5-2-1-3-6-21/h1-3,5-10,22H,4,11-19H2. The largest absolute Gasteiger partial charge is 0.381 e. The summed E-state index contributed by atoms with van der Waals surface area (Å²) in [6.45, 7) is 5.09. The molecule has 1 aliphatic rings. The Balaban J connectivity index is 1.22. The molecule has 0 spiro atoms. The summed E-state index contributed by atoms with van der Waals surface area (Å²) in [5.74, 6) is 0.655. The highest BCUT2D eigenvalue weighted by Crippen LogP contribution is 2.21. The van der Waals surface area contributed by atoms with Crippen LogP contribution in [0.2, 0.25) is 0 Å². The molecule has 140 valence electrons. The first-order valence-electron chi connectivity index (χ1n) is 9.88. The molecule has 1 heterocycles. The van der Waals surface area contributed by atoms with Crippen LogP contribution in [0.15, 0.2) is 54.6 Å². The van der Waals surface area contributed by atoms with Crippen molar-refractivity contribution >= 4 is 0 Å². The highest BCUT2D eigenvalue weighted by Gasteiger charge is 2.18. The molecule has 3 rings (SSSR count).